The lowest BCUT2D eigenvalue weighted by molar-refractivity contribution is 0.0785. The van der Waals surface area contributed by atoms with Gasteiger partial charge in [-0.25, -0.2) is 4.79 Å². The summed E-state index contributed by atoms with van der Waals surface area (Å²) in [5, 5.41) is 2.48. The smallest absolute Gasteiger partial charge is 0.316 e. The Balaban J connectivity index is 1.63. The molecule has 3 N–H and O–H groups in total. The van der Waals surface area contributed by atoms with E-state index in [9.17, 15) is 9.59 Å². The van der Waals surface area contributed by atoms with Crippen LogP contribution >= 0.6 is 0 Å². The van der Waals surface area contributed by atoms with E-state index < -0.39 is 6.03 Å². The van der Waals surface area contributed by atoms with Gasteiger partial charge in [0.05, 0.1) is 13.2 Å². The molecular weight excluding hydrogens is 344 g/mol. The largest absolute Gasteiger partial charge is 0.378 e. The number of nitrogens with one attached hydrogen (secondary N) is 1. The summed E-state index contributed by atoms with van der Waals surface area (Å²) in [6.45, 7) is 3.79. The summed E-state index contributed by atoms with van der Waals surface area (Å²) >= 11 is 0. The molecule has 3 amide bonds. The highest BCUT2D eigenvalue weighted by molar-refractivity contribution is 5.96. The molecule has 1 aliphatic rings. The van der Waals surface area contributed by atoms with Crippen molar-refractivity contribution in [2.45, 2.75) is 6.54 Å². The molecule has 0 aromatic heterocycles. The molecule has 0 bridgehead atoms. The number of anilines is 2. The van der Waals surface area contributed by atoms with Crippen molar-refractivity contribution in [1.29, 1.82) is 0 Å². The van der Waals surface area contributed by atoms with Crippen LogP contribution in [0.15, 0.2) is 48.5 Å². The number of carbonyl (C=O) groups excluding carboxylic acids is 2. The predicted molar refractivity (Wildman–Crippen MR) is 105 cm³/mol. The molecule has 0 radical (unpaired) electrons. The van der Waals surface area contributed by atoms with E-state index in [0.717, 1.165) is 31.9 Å². The summed E-state index contributed by atoms with van der Waals surface area (Å²) in [4.78, 5) is 27.6. The minimum absolute atomic E-state index is 0.125. The van der Waals surface area contributed by atoms with E-state index >= 15 is 0 Å². The first-order chi connectivity index (χ1) is 13.0. The van der Waals surface area contributed by atoms with Gasteiger partial charge in [-0.2, -0.15) is 0 Å². The third-order valence-corrected chi connectivity index (χ3v) is 4.46. The van der Waals surface area contributed by atoms with E-state index in [-0.39, 0.29) is 5.91 Å². The molecular formula is C20H24N4O3. The molecule has 1 aliphatic heterocycles. The highest BCUT2D eigenvalue weighted by Gasteiger charge is 2.14. The van der Waals surface area contributed by atoms with Crippen molar-refractivity contribution in [3.05, 3.63) is 59.7 Å². The second kappa shape index (κ2) is 8.55. The van der Waals surface area contributed by atoms with Crippen molar-refractivity contribution in [3.8, 4) is 0 Å². The Morgan fingerprint density at radius 3 is 2.52 bits per heavy atom. The quantitative estimate of drug-likeness (QED) is 0.848. The van der Waals surface area contributed by atoms with Gasteiger partial charge in [-0.3, -0.25) is 4.79 Å². The number of amides is 3. The molecule has 7 nitrogen and oxygen atoms in total. The van der Waals surface area contributed by atoms with Gasteiger partial charge in [-0.15, -0.1) is 0 Å². The molecule has 0 aliphatic carbocycles. The minimum atomic E-state index is -0.659. The van der Waals surface area contributed by atoms with E-state index in [2.05, 4.69) is 22.3 Å². The van der Waals surface area contributed by atoms with E-state index in [1.54, 1.807) is 36.2 Å². The Morgan fingerprint density at radius 1 is 1.15 bits per heavy atom. The van der Waals surface area contributed by atoms with Crippen LogP contribution < -0.4 is 16.0 Å². The van der Waals surface area contributed by atoms with Gasteiger partial charge in [0.2, 0.25) is 0 Å². The number of hydrogen-bond acceptors (Lipinski definition) is 4. The monoisotopic (exact) mass is 368 g/mol. The number of nitrogens with zero attached hydrogens (tertiary/aromatic N) is 2. The highest BCUT2D eigenvalue weighted by atomic mass is 16.5. The maximum Gasteiger partial charge on any atom is 0.316 e. The van der Waals surface area contributed by atoms with Crippen LogP contribution in [0, 0.1) is 0 Å². The first kappa shape index (κ1) is 18.7. The zero-order valence-electron chi connectivity index (χ0n) is 15.4. The van der Waals surface area contributed by atoms with Gasteiger partial charge in [0.15, 0.2) is 0 Å². The van der Waals surface area contributed by atoms with Crippen LogP contribution in [-0.4, -0.2) is 50.2 Å². The lowest BCUT2D eigenvalue weighted by Crippen LogP contribution is -2.36. The summed E-state index contributed by atoms with van der Waals surface area (Å²) in [7, 11) is 1.76. The molecule has 27 heavy (non-hydrogen) atoms. The summed E-state index contributed by atoms with van der Waals surface area (Å²) in [5.41, 5.74) is 8.33. The van der Waals surface area contributed by atoms with Gasteiger partial charge in [0.1, 0.15) is 0 Å². The van der Waals surface area contributed by atoms with Gasteiger partial charge in [0.25, 0.3) is 5.91 Å². The molecule has 0 unspecified atom stereocenters. The summed E-state index contributed by atoms with van der Waals surface area (Å²) in [5.74, 6) is -0.125. The lowest BCUT2D eigenvalue weighted by Gasteiger charge is -2.29. The zero-order valence-corrected chi connectivity index (χ0v) is 15.4. The van der Waals surface area contributed by atoms with Crippen molar-refractivity contribution < 1.29 is 14.3 Å². The van der Waals surface area contributed by atoms with E-state index in [1.165, 1.54) is 5.69 Å². The van der Waals surface area contributed by atoms with Crippen LogP contribution in [0.3, 0.4) is 0 Å². The highest BCUT2D eigenvalue weighted by Crippen LogP contribution is 2.18. The van der Waals surface area contributed by atoms with Crippen LogP contribution in [0.2, 0.25) is 0 Å². The standard InChI is InChI=1S/C20H24N4O3/c1-23(19(25)16-3-2-4-17(13-16)22-20(21)26)14-15-5-7-18(8-6-15)24-9-11-27-12-10-24/h2-8,13H,9-12,14H2,1H3,(H3,21,22,26). The van der Waals surface area contributed by atoms with Crippen LogP contribution in [0.5, 0.6) is 0 Å². The fraction of sp³-hybridized carbons (Fsp3) is 0.300. The first-order valence-corrected chi connectivity index (χ1v) is 8.86. The van der Waals surface area contributed by atoms with Crippen molar-refractivity contribution in [3.63, 3.8) is 0 Å². The Hall–Kier alpha value is -3.06. The van der Waals surface area contributed by atoms with E-state index in [4.69, 9.17) is 10.5 Å². The van der Waals surface area contributed by atoms with Crippen LogP contribution in [-0.2, 0) is 11.3 Å². The number of urea groups is 1. The van der Waals surface area contributed by atoms with Gasteiger partial charge in [0, 0.05) is 43.6 Å². The van der Waals surface area contributed by atoms with E-state index in [1.807, 2.05) is 12.1 Å². The predicted octanol–water partition coefficient (Wildman–Crippen LogP) is 2.29. The summed E-state index contributed by atoms with van der Waals surface area (Å²) < 4.78 is 5.38. The Morgan fingerprint density at radius 2 is 1.85 bits per heavy atom. The maximum absolute atomic E-state index is 12.7. The molecule has 0 spiro atoms. The van der Waals surface area contributed by atoms with Crippen molar-refractivity contribution in [1.82, 2.24) is 4.90 Å². The number of rotatable bonds is 5. The molecule has 2 aromatic carbocycles. The van der Waals surface area contributed by atoms with Gasteiger partial charge < -0.3 is 25.6 Å². The number of ether oxygens (including phenoxy) is 1. The molecule has 7 heteroatoms. The van der Waals surface area contributed by atoms with Gasteiger partial charge in [-0.1, -0.05) is 18.2 Å². The molecule has 3 rings (SSSR count). The van der Waals surface area contributed by atoms with Crippen LogP contribution in [0.1, 0.15) is 15.9 Å². The summed E-state index contributed by atoms with van der Waals surface area (Å²) in [6.07, 6.45) is 0. The third-order valence-electron chi connectivity index (χ3n) is 4.46. The van der Waals surface area contributed by atoms with Crippen molar-refractivity contribution in [2.24, 2.45) is 5.73 Å². The van der Waals surface area contributed by atoms with Crippen molar-refractivity contribution >= 4 is 23.3 Å². The zero-order chi connectivity index (χ0) is 19.2. The number of benzene rings is 2. The van der Waals surface area contributed by atoms with Crippen molar-refractivity contribution in [2.75, 3.05) is 43.6 Å². The average molecular weight is 368 g/mol. The minimum Gasteiger partial charge on any atom is -0.378 e. The van der Waals surface area contributed by atoms with Gasteiger partial charge in [-0.05, 0) is 35.9 Å². The molecule has 1 heterocycles. The third kappa shape index (κ3) is 4.98. The van der Waals surface area contributed by atoms with E-state index in [0.29, 0.717) is 17.8 Å². The number of hydrogen-bond donors (Lipinski definition) is 2. The molecule has 1 saturated heterocycles. The topological polar surface area (TPSA) is 87.9 Å². The number of morpholine rings is 1. The number of carbonyl (C=O) groups is 2. The SMILES string of the molecule is CN(Cc1ccc(N2CCOCC2)cc1)C(=O)c1cccc(NC(N)=O)c1. The Bertz CT molecular complexity index is 801. The molecule has 2 aromatic rings. The maximum atomic E-state index is 12.7. The second-order valence-corrected chi connectivity index (χ2v) is 6.50. The second-order valence-electron chi connectivity index (χ2n) is 6.50. The summed E-state index contributed by atoms with van der Waals surface area (Å²) in [6, 6.07) is 14.3. The molecule has 1 fully saturated rings. The van der Waals surface area contributed by atoms with Crippen LogP contribution in [0.4, 0.5) is 16.2 Å². The fourth-order valence-corrected chi connectivity index (χ4v) is 3.07. The molecule has 0 saturated carbocycles. The number of primary amides is 1. The fourth-order valence-electron chi connectivity index (χ4n) is 3.07. The Kier molecular flexibility index (Phi) is 5.93. The van der Waals surface area contributed by atoms with Gasteiger partial charge >= 0.3 is 6.03 Å². The first-order valence-electron chi connectivity index (χ1n) is 8.86. The Labute approximate surface area is 158 Å². The van der Waals surface area contributed by atoms with Crippen LogP contribution in [0.25, 0.3) is 0 Å². The average Bonchev–Trinajstić information content (AvgIpc) is 2.68. The molecule has 142 valence electrons. The number of nitrogens with two attached hydrogens (primary N) is 1. The molecule has 0 atom stereocenters. The normalized spacial score (nSPS) is 13.9. The lowest BCUT2D eigenvalue weighted by atomic mass is 10.1.